The zero-order chi connectivity index (χ0) is 18.4. The molecule has 1 saturated heterocycles. The Kier molecular flexibility index (Phi) is 3.73. The van der Waals surface area contributed by atoms with Crippen LogP contribution >= 0.6 is 12.2 Å². The molecule has 0 spiro atoms. The van der Waals surface area contributed by atoms with Gasteiger partial charge in [-0.25, -0.2) is 0 Å². The normalized spacial score (nSPS) is 27.2. The molecule has 2 aliphatic rings. The summed E-state index contributed by atoms with van der Waals surface area (Å²) in [7, 11) is 0. The van der Waals surface area contributed by atoms with Crippen LogP contribution < -0.4 is 5.32 Å². The van der Waals surface area contributed by atoms with Crippen molar-refractivity contribution in [1.82, 2.24) is 10.3 Å². The van der Waals surface area contributed by atoms with Crippen molar-refractivity contribution in [2.75, 3.05) is 0 Å². The van der Waals surface area contributed by atoms with E-state index < -0.39 is 17.2 Å². The second-order valence-electron chi connectivity index (χ2n) is 6.03. The lowest BCUT2D eigenvalue weighted by molar-refractivity contribution is -0.172. The molecule has 0 bridgehead atoms. The van der Waals surface area contributed by atoms with Crippen molar-refractivity contribution < 1.29 is 15.0 Å². The minimum absolute atomic E-state index is 0.0396. The molecular formula is C19H15N3O3S. The predicted molar refractivity (Wildman–Crippen MR) is 101 cm³/mol. The number of hydrogen-bond acceptors (Lipinski definition) is 5. The fraction of sp³-hybridized carbons (Fsp3) is 0.105. The third kappa shape index (κ3) is 2.15. The van der Waals surface area contributed by atoms with E-state index in [1.165, 1.54) is 6.21 Å². The molecule has 4 rings (SSSR count). The standard InChI is InChI=1S/C19H15N3O3S/c23-16-14-10-4-5-11-15(14)19(25)18(16,24)21-17(26)22(19)20-12-6-9-13-7-2-1-3-8-13/h1-12,24-25H,(H,21,26). The highest BCUT2D eigenvalue weighted by molar-refractivity contribution is 7.80. The van der Waals surface area contributed by atoms with Crippen LogP contribution in [0.4, 0.5) is 0 Å². The number of hydrogen-bond donors (Lipinski definition) is 3. The van der Waals surface area contributed by atoms with Crippen LogP contribution in [0.1, 0.15) is 21.5 Å². The largest absolute Gasteiger partial charge is 0.361 e. The number of ketones is 1. The Labute approximate surface area is 155 Å². The first-order valence-corrected chi connectivity index (χ1v) is 8.36. The summed E-state index contributed by atoms with van der Waals surface area (Å²) in [6.45, 7) is 0. The maximum atomic E-state index is 12.6. The van der Waals surface area contributed by atoms with Crippen molar-refractivity contribution >= 4 is 35.4 Å². The Balaban J connectivity index is 1.69. The van der Waals surface area contributed by atoms with Crippen LogP contribution in [0.5, 0.6) is 0 Å². The number of fused-ring (bicyclic) bond motifs is 3. The molecule has 3 N–H and O–H groups in total. The molecule has 2 aromatic carbocycles. The van der Waals surface area contributed by atoms with E-state index in [9.17, 15) is 15.0 Å². The van der Waals surface area contributed by atoms with Gasteiger partial charge in [-0.1, -0.05) is 60.7 Å². The van der Waals surface area contributed by atoms with Crippen LogP contribution in [0.3, 0.4) is 0 Å². The summed E-state index contributed by atoms with van der Waals surface area (Å²) in [5.41, 5.74) is -2.91. The third-order valence-corrected chi connectivity index (χ3v) is 4.80. The maximum absolute atomic E-state index is 12.6. The van der Waals surface area contributed by atoms with Gasteiger partial charge in [0.1, 0.15) is 0 Å². The van der Waals surface area contributed by atoms with Gasteiger partial charge in [0.25, 0.3) is 5.72 Å². The molecule has 0 saturated carbocycles. The zero-order valence-corrected chi connectivity index (χ0v) is 14.4. The van der Waals surface area contributed by atoms with Crippen molar-refractivity contribution in [2.45, 2.75) is 11.4 Å². The van der Waals surface area contributed by atoms with Gasteiger partial charge in [0.2, 0.25) is 11.5 Å². The fourth-order valence-corrected chi connectivity index (χ4v) is 3.59. The first-order valence-electron chi connectivity index (χ1n) is 7.95. The van der Waals surface area contributed by atoms with Crippen molar-refractivity contribution in [3.8, 4) is 0 Å². The number of carbonyl (C=O) groups is 1. The van der Waals surface area contributed by atoms with E-state index in [2.05, 4.69) is 10.4 Å². The molecule has 0 radical (unpaired) electrons. The molecule has 26 heavy (non-hydrogen) atoms. The highest BCUT2D eigenvalue weighted by Crippen LogP contribution is 2.48. The Morgan fingerprint density at radius 2 is 1.77 bits per heavy atom. The van der Waals surface area contributed by atoms with Crippen molar-refractivity contribution in [3.63, 3.8) is 0 Å². The Morgan fingerprint density at radius 1 is 1.08 bits per heavy atom. The van der Waals surface area contributed by atoms with E-state index in [4.69, 9.17) is 12.2 Å². The molecule has 130 valence electrons. The van der Waals surface area contributed by atoms with E-state index >= 15 is 0 Å². The molecule has 2 aromatic rings. The monoisotopic (exact) mass is 365 g/mol. The van der Waals surface area contributed by atoms with Crippen LogP contribution in [-0.4, -0.2) is 38.1 Å². The van der Waals surface area contributed by atoms with Gasteiger partial charge in [0.15, 0.2) is 5.11 Å². The number of rotatable bonds is 3. The summed E-state index contributed by atoms with van der Waals surface area (Å²) in [4.78, 5) is 12.6. The second-order valence-corrected chi connectivity index (χ2v) is 6.42. The SMILES string of the molecule is O=C1c2ccccc2C2(O)N(N=CC=Cc3ccccc3)C(=S)NC12O. The van der Waals surface area contributed by atoms with E-state index in [1.54, 1.807) is 30.3 Å². The van der Waals surface area contributed by atoms with Crippen LogP contribution in [0.15, 0.2) is 65.8 Å². The average molecular weight is 365 g/mol. The van der Waals surface area contributed by atoms with Gasteiger partial charge in [-0.05, 0) is 23.9 Å². The van der Waals surface area contributed by atoms with Gasteiger partial charge in [0, 0.05) is 17.3 Å². The minimum atomic E-state index is -2.27. The van der Waals surface area contributed by atoms with Gasteiger partial charge in [-0.3, -0.25) is 4.79 Å². The minimum Gasteiger partial charge on any atom is -0.361 e. The van der Waals surface area contributed by atoms with E-state index in [0.29, 0.717) is 0 Å². The third-order valence-electron chi connectivity index (χ3n) is 4.52. The van der Waals surface area contributed by atoms with Crippen LogP contribution in [0.2, 0.25) is 0 Å². The number of benzene rings is 2. The molecule has 1 fully saturated rings. The summed E-state index contributed by atoms with van der Waals surface area (Å²) < 4.78 is 0. The van der Waals surface area contributed by atoms with Gasteiger partial charge in [0.05, 0.1) is 0 Å². The number of Topliss-reactive ketones (excluding diaryl/α,β-unsaturated/α-hetero) is 1. The number of nitrogens with zero attached hydrogens (tertiary/aromatic N) is 2. The molecule has 1 aliphatic carbocycles. The molecule has 6 nitrogen and oxygen atoms in total. The number of nitrogens with one attached hydrogen (secondary N) is 1. The lowest BCUT2D eigenvalue weighted by Gasteiger charge is -2.32. The summed E-state index contributed by atoms with van der Waals surface area (Å²) in [6, 6.07) is 16.1. The molecule has 1 heterocycles. The molecule has 0 aromatic heterocycles. The fourth-order valence-electron chi connectivity index (χ4n) is 3.26. The predicted octanol–water partition coefficient (Wildman–Crippen LogP) is 1.61. The second kappa shape index (κ2) is 5.84. The van der Waals surface area contributed by atoms with Crippen molar-refractivity contribution in [2.24, 2.45) is 5.10 Å². The number of thiocarbonyl (C=S) groups is 1. The first kappa shape index (κ1) is 16.6. The van der Waals surface area contributed by atoms with Crippen LogP contribution in [0, 0.1) is 0 Å². The lowest BCUT2D eigenvalue weighted by atomic mass is 10.0. The zero-order valence-electron chi connectivity index (χ0n) is 13.5. The molecule has 1 aliphatic heterocycles. The maximum Gasteiger partial charge on any atom is 0.258 e. The summed E-state index contributed by atoms with van der Waals surface area (Å²) in [5.74, 6) is -0.643. The smallest absolute Gasteiger partial charge is 0.258 e. The van der Waals surface area contributed by atoms with Crippen LogP contribution in [0.25, 0.3) is 6.08 Å². The topological polar surface area (TPSA) is 85.2 Å². The number of carbonyl (C=O) groups excluding carboxylic acids is 1. The van der Waals surface area contributed by atoms with Crippen molar-refractivity contribution in [1.29, 1.82) is 0 Å². The van der Waals surface area contributed by atoms with Crippen LogP contribution in [-0.2, 0) is 5.72 Å². The van der Waals surface area contributed by atoms with E-state index in [-0.39, 0.29) is 16.2 Å². The molecule has 2 unspecified atom stereocenters. The van der Waals surface area contributed by atoms with Crippen molar-refractivity contribution in [3.05, 3.63) is 77.4 Å². The summed E-state index contributed by atoms with van der Waals surface area (Å²) in [5, 5.41) is 29.7. The summed E-state index contributed by atoms with van der Waals surface area (Å²) >= 11 is 5.17. The first-order chi connectivity index (χ1) is 12.5. The number of allylic oxidation sites excluding steroid dienone is 1. The van der Waals surface area contributed by atoms with Gasteiger partial charge < -0.3 is 15.5 Å². The highest BCUT2D eigenvalue weighted by Gasteiger charge is 2.71. The number of hydrazone groups is 1. The van der Waals surface area contributed by atoms with Gasteiger partial charge >= 0.3 is 0 Å². The molecule has 7 heteroatoms. The van der Waals surface area contributed by atoms with E-state index in [0.717, 1.165) is 10.6 Å². The molecule has 2 atom stereocenters. The Hall–Kier alpha value is -2.87. The Bertz CT molecular complexity index is 960. The average Bonchev–Trinajstić information content (AvgIpc) is 2.95. The lowest BCUT2D eigenvalue weighted by Crippen LogP contribution is -2.58. The quantitative estimate of drug-likeness (QED) is 0.566. The molecular weight excluding hydrogens is 350 g/mol. The Morgan fingerprint density at radius 3 is 2.54 bits per heavy atom. The van der Waals surface area contributed by atoms with Gasteiger partial charge in [-0.2, -0.15) is 10.1 Å². The molecule has 0 amide bonds. The number of aliphatic hydroxyl groups is 2. The van der Waals surface area contributed by atoms with E-state index in [1.807, 2.05) is 36.4 Å². The summed E-state index contributed by atoms with van der Waals surface area (Å²) in [6.07, 6.45) is 4.96. The highest BCUT2D eigenvalue weighted by atomic mass is 32.1. The van der Waals surface area contributed by atoms with Gasteiger partial charge in [-0.15, -0.1) is 0 Å².